The molecule has 0 aliphatic heterocycles. The van der Waals surface area contributed by atoms with E-state index in [1.165, 1.54) is 0 Å². The van der Waals surface area contributed by atoms with Crippen LogP contribution in [-0.4, -0.2) is 4.98 Å². The first-order chi connectivity index (χ1) is 4.20. The van der Waals surface area contributed by atoms with Gasteiger partial charge in [-0.05, 0) is 66.6 Å². The van der Waals surface area contributed by atoms with Gasteiger partial charge >= 0.3 is 0 Å². The van der Waals surface area contributed by atoms with Crippen LogP contribution in [0.4, 0.5) is 0 Å². The van der Waals surface area contributed by atoms with E-state index in [1.54, 1.807) is 0 Å². The van der Waals surface area contributed by atoms with Gasteiger partial charge in [0.1, 0.15) is 8.30 Å². The molecule has 0 atom stereocenters. The molecular weight excluding hydrogens is 361 g/mol. The highest BCUT2D eigenvalue weighted by Crippen LogP contribution is 2.18. The second kappa shape index (κ2) is 3.30. The molecule has 48 valence electrons. The fourth-order valence-corrected chi connectivity index (χ4v) is 1.70. The first-order valence-electron chi connectivity index (χ1n) is 2.17. The Kier molecular flexibility index (Phi) is 2.91. The molecule has 1 aromatic heterocycles. The minimum absolute atomic E-state index is 0.870. The van der Waals surface area contributed by atoms with Crippen LogP contribution in [0.5, 0.6) is 0 Å². The minimum Gasteiger partial charge on any atom is -0.234 e. The highest BCUT2D eigenvalue weighted by Gasteiger charge is 1.95. The highest BCUT2D eigenvalue weighted by molar-refractivity contribution is 14.1. The van der Waals surface area contributed by atoms with Crippen LogP contribution in [-0.2, 0) is 0 Å². The first kappa shape index (κ1) is 7.94. The summed E-state index contributed by atoms with van der Waals surface area (Å²) in [6.07, 6.45) is 0. The van der Waals surface area contributed by atoms with Gasteiger partial charge < -0.3 is 0 Å². The Labute approximate surface area is 83.6 Å². The average Bonchev–Trinajstić information content (AvgIpc) is 1.80. The molecule has 1 nitrogen and oxygen atoms in total. The molecule has 0 aliphatic rings. The molecule has 0 aromatic carbocycles. The topological polar surface area (TPSA) is 12.9 Å². The molecule has 0 fully saturated rings. The van der Waals surface area contributed by atoms with Crippen molar-refractivity contribution in [2.24, 2.45) is 0 Å². The highest BCUT2D eigenvalue weighted by atomic mass is 127. The van der Waals surface area contributed by atoms with Crippen molar-refractivity contribution < 1.29 is 0 Å². The van der Waals surface area contributed by atoms with Crippen molar-refractivity contribution in [1.82, 2.24) is 4.98 Å². The molecule has 0 aliphatic carbocycles. The second-order valence-electron chi connectivity index (χ2n) is 1.41. The molecule has 0 radical (unpaired) electrons. The number of rotatable bonds is 0. The minimum atomic E-state index is 0.870. The zero-order valence-corrected chi connectivity index (χ0v) is 9.57. The normalized spacial score (nSPS) is 9.67. The van der Waals surface area contributed by atoms with Crippen molar-refractivity contribution in [3.63, 3.8) is 0 Å². The molecule has 0 saturated carbocycles. The van der Waals surface area contributed by atoms with Crippen LogP contribution in [0.1, 0.15) is 0 Å². The van der Waals surface area contributed by atoms with Gasteiger partial charge in [-0.3, -0.25) is 0 Å². The van der Waals surface area contributed by atoms with Gasteiger partial charge in [-0.15, -0.1) is 0 Å². The number of hydrogen-bond acceptors (Lipinski definition) is 1. The van der Waals surface area contributed by atoms with Gasteiger partial charge in [-0.2, -0.15) is 0 Å². The summed E-state index contributed by atoms with van der Waals surface area (Å²) in [6.45, 7) is 0. The van der Waals surface area contributed by atoms with Crippen molar-refractivity contribution in [2.45, 2.75) is 0 Å². The molecule has 0 saturated heterocycles. The summed E-state index contributed by atoms with van der Waals surface area (Å²) in [5.41, 5.74) is 0. The van der Waals surface area contributed by atoms with Gasteiger partial charge in [0.25, 0.3) is 0 Å². The molecule has 0 spiro atoms. The lowest BCUT2D eigenvalue weighted by molar-refractivity contribution is 1.21. The molecular formula is C5H2Br2IN. The van der Waals surface area contributed by atoms with E-state index in [2.05, 4.69) is 59.4 Å². The van der Waals surface area contributed by atoms with Crippen LogP contribution in [0, 0.1) is 3.70 Å². The molecule has 0 amide bonds. The first-order valence-corrected chi connectivity index (χ1v) is 4.84. The van der Waals surface area contributed by atoms with Crippen molar-refractivity contribution in [3.05, 3.63) is 24.9 Å². The van der Waals surface area contributed by atoms with Crippen LogP contribution in [0.25, 0.3) is 0 Å². The van der Waals surface area contributed by atoms with E-state index < -0.39 is 0 Å². The van der Waals surface area contributed by atoms with Crippen LogP contribution in [0.2, 0.25) is 0 Å². The Morgan fingerprint density at radius 1 is 1.33 bits per heavy atom. The summed E-state index contributed by atoms with van der Waals surface area (Å²) in [4.78, 5) is 4.13. The van der Waals surface area contributed by atoms with Crippen LogP contribution < -0.4 is 0 Å². The summed E-state index contributed by atoms with van der Waals surface area (Å²) in [7, 11) is 0. The SMILES string of the molecule is Brc1ccc(Br)c(I)n1. The van der Waals surface area contributed by atoms with Gasteiger partial charge in [-0.1, -0.05) is 0 Å². The maximum atomic E-state index is 4.13. The third kappa shape index (κ3) is 2.16. The zero-order valence-electron chi connectivity index (χ0n) is 4.24. The van der Waals surface area contributed by atoms with E-state index >= 15 is 0 Å². The maximum Gasteiger partial charge on any atom is 0.116 e. The van der Waals surface area contributed by atoms with Gasteiger partial charge in [0.2, 0.25) is 0 Å². The molecule has 9 heavy (non-hydrogen) atoms. The molecule has 1 heterocycles. The van der Waals surface area contributed by atoms with E-state index in [9.17, 15) is 0 Å². The summed E-state index contributed by atoms with van der Waals surface area (Å²) in [6, 6.07) is 3.85. The van der Waals surface area contributed by atoms with Crippen molar-refractivity contribution in [1.29, 1.82) is 0 Å². The lowest BCUT2D eigenvalue weighted by Gasteiger charge is -1.92. The largest absolute Gasteiger partial charge is 0.234 e. The quantitative estimate of drug-likeness (QED) is 0.510. The standard InChI is InChI=1S/C5H2Br2IN/c6-3-1-2-4(7)9-5(3)8/h1-2H. The number of hydrogen-bond donors (Lipinski definition) is 0. The predicted molar refractivity (Wildman–Crippen MR) is 52.4 cm³/mol. The Hall–Kier alpha value is 0.840. The smallest absolute Gasteiger partial charge is 0.116 e. The fraction of sp³-hybridized carbons (Fsp3) is 0. The number of halogens is 3. The van der Waals surface area contributed by atoms with E-state index in [0.29, 0.717) is 0 Å². The van der Waals surface area contributed by atoms with Crippen molar-refractivity contribution in [3.8, 4) is 0 Å². The average molecular weight is 363 g/mol. The van der Waals surface area contributed by atoms with Gasteiger partial charge in [0.05, 0.1) is 0 Å². The molecule has 0 bridgehead atoms. The predicted octanol–water partition coefficient (Wildman–Crippen LogP) is 3.21. The van der Waals surface area contributed by atoms with E-state index in [4.69, 9.17) is 0 Å². The monoisotopic (exact) mass is 361 g/mol. The third-order valence-electron chi connectivity index (χ3n) is 0.769. The lowest BCUT2D eigenvalue weighted by Crippen LogP contribution is -1.80. The van der Waals surface area contributed by atoms with Crippen LogP contribution in [0.3, 0.4) is 0 Å². The summed E-state index contributed by atoms with van der Waals surface area (Å²) in [5, 5.41) is 0. The summed E-state index contributed by atoms with van der Waals surface area (Å²) in [5.74, 6) is 0. The molecule has 4 heteroatoms. The van der Waals surface area contributed by atoms with Crippen LogP contribution >= 0.6 is 54.5 Å². The summed E-state index contributed by atoms with van der Waals surface area (Å²) < 4.78 is 2.88. The van der Waals surface area contributed by atoms with Crippen molar-refractivity contribution in [2.75, 3.05) is 0 Å². The fourth-order valence-electron chi connectivity index (χ4n) is 0.395. The lowest BCUT2D eigenvalue weighted by atomic mass is 10.5. The van der Waals surface area contributed by atoms with Crippen LogP contribution in [0.15, 0.2) is 21.2 Å². The number of pyridine rings is 1. The van der Waals surface area contributed by atoms with Gasteiger partial charge in [-0.25, -0.2) is 4.98 Å². The number of nitrogens with zero attached hydrogens (tertiary/aromatic N) is 1. The maximum absolute atomic E-state index is 4.13. The van der Waals surface area contributed by atoms with E-state index in [-0.39, 0.29) is 0 Å². The Balaban J connectivity index is 3.17. The molecule has 0 N–H and O–H groups in total. The summed E-state index contributed by atoms with van der Waals surface area (Å²) >= 11 is 8.76. The third-order valence-corrected chi connectivity index (χ3v) is 3.41. The van der Waals surface area contributed by atoms with E-state index in [1.807, 2.05) is 12.1 Å². The Morgan fingerprint density at radius 2 is 2.00 bits per heavy atom. The molecule has 0 unspecified atom stereocenters. The molecule has 1 rings (SSSR count). The second-order valence-corrected chi connectivity index (χ2v) is 4.10. The van der Waals surface area contributed by atoms with Gasteiger partial charge in [0, 0.05) is 4.47 Å². The van der Waals surface area contributed by atoms with E-state index in [0.717, 1.165) is 12.8 Å². The Bertz CT molecular complexity index is 226. The zero-order chi connectivity index (χ0) is 6.85. The molecule has 1 aromatic rings. The number of aromatic nitrogens is 1. The van der Waals surface area contributed by atoms with Crippen molar-refractivity contribution >= 4 is 54.5 Å². The van der Waals surface area contributed by atoms with Gasteiger partial charge in [0.15, 0.2) is 0 Å². The Morgan fingerprint density at radius 3 is 2.44 bits per heavy atom.